The number of nitrogens with one attached hydrogen (secondary N) is 1. The number of carbonyl (C=O) groups excluding carboxylic acids is 1. The van der Waals surface area contributed by atoms with Gasteiger partial charge in [-0.05, 0) is 17.2 Å². The molecule has 1 aromatic heterocycles. The van der Waals surface area contributed by atoms with Gasteiger partial charge in [0.1, 0.15) is 0 Å². The van der Waals surface area contributed by atoms with Crippen molar-refractivity contribution in [2.45, 2.75) is 12.0 Å². The van der Waals surface area contributed by atoms with Crippen LogP contribution in [0.5, 0.6) is 0 Å². The number of hydrogen-bond acceptors (Lipinski definition) is 3. The number of pyridine rings is 1. The van der Waals surface area contributed by atoms with Crippen LogP contribution in [-0.4, -0.2) is 40.7 Å². The second-order valence-corrected chi connectivity index (χ2v) is 5.68. The summed E-state index contributed by atoms with van der Waals surface area (Å²) < 4.78 is 0. The Balaban J connectivity index is 1.57. The summed E-state index contributed by atoms with van der Waals surface area (Å²) in [5.41, 5.74) is 1.72. The Hall–Kier alpha value is -2.40. The fourth-order valence-corrected chi connectivity index (χ4v) is 2.79. The highest BCUT2D eigenvalue weighted by Crippen LogP contribution is 2.34. The van der Waals surface area contributed by atoms with Crippen molar-refractivity contribution < 1.29 is 9.90 Å². The van der Waals surface area contributed by atoms with Crippen molar-refractivity contribution in [2.75, 3.05) is 19.7 Å². The first kappa shape index (κ1) is 14.5. The molecule has 0 saturated carbocycles. The first-order chi connectivity index (χ1) is 10.7. The number of amides is 2. The Bertz CT molecular complexity index is 625. The second kappa shape index (κ2) is 6.15. The van der Waals surface area contributed by atoms with E-state index in [9.17, 15) is 9.90 Å². The summed E-state index contributed by atoms with van der Waals surface area (Å²) in [7, 11) is 0. The van der Waals surface area contributed by atoms with E-state index in [1.165, 1.54) is 0 Å². The summed E-state index contributed by atoms with van der Waals surface area (Å²) in [5, 5.41) is 12.6. The largest absolute Gasteiger partial charge is 0.395 e. The van der Waals surface area contributed by atoms with Crippen molar-refractivity contribution in [1.82, 2.24) is 15.2 Å². The number of aromatic nitrogens is 1. The van der Waals surface area contributed by atoms with Crippen LogP contribution >= 0.6 is 0 Å². The highest BCUT2D eigenvalue weighted by atomic mass is 16.3. The molecule has 2 heterocycles. The van der Waals surface area contributed by atoms with Crippen LogP contribution in [-0.2, 0) is 12.0 Å². The smallest absolute Gasteiger partial charge is 0.317 e. The molecule has 5 nitrogen and oxygen atoms in total. The lowest BCUT2D eigenvalue weighted by Gasteiger charge is -2.49. The molecule has 2 N–H and O–H groups in total. The molecule has 0 bridgehead atoms. The maximum atomic E-state index is 12.1. The van der Waals surface area contributed by atoms with E-state index < -0.39 is 0 Å². The lowest BCUT2D eigenvalue weighted by molar-refractivity contribution is 0.0450. The van der Waals surface area contributed by atoms with Crippen LogP contribution in [0.25, 0.3) is 0 Å². The molecule has 2 amide bonds. The van der Waals surface area contributed by atoms with E-state index in [4.69, 9.17) is 0 Å². The fourth-order valence-electron chi connectivity index (χ4n) is 2.79. The van der Waals surface area contributed by atoms with Crippen molar-refractivity contribution in [2.24, 2.45) is 0 Å². The van der Waals surface area contributed by atoms with Crippen LogP contribution in [0.1, 0.15) is 11.1 Å². The van der Waals surface area contributed by atoms with Gasteiger partial charge in [0.05, 0.1) is 12.0 Å². The second-order valence-electron chi connectivity index (χ2n) is 5.68. The van der Waals surface area contributed by atoms with Gasteiger partial charge in [0.15, 0.2) is 0 Å². The van der Waals surface area contributed by atoms with Crippen LogP contribution in [0.3, 0.4) is 0 Å². The summed E-state index contributed by atoms with van der Waals surface area (Å²) in [5.74, 6) is 0. The third kappa shape index (κ3) is 2.80. The average molecular weight is 297 g/mol. The molecular formula is C17H19N3O2. The number of nitrogens with zero attached hydrogens (tertiary/aromatic N) is 2. The minimum absolute atomic E-state index is 0.0450. The van der Waals surface area contributed by atoms with E-state index in [-0.39, 0.29) is 18.1 Å². The maximum absolute atomic E-state index is 12.1. The van der Waals surface area contributed by atoms with Gasteiger partial charge in [0.25, 0.3) is 0 Å². The molecule has 0 radical (unpaired) electrons. The molecule has 1 aliphatic rings. The molecule has 1 fully saturated rings. The van der Waals surface area contributed by atoms with Crippen LogP contribution in [0.15, 0.2) is 54.9 Å². The predicted molar refractivity (Wildman–Crippen MR) is 83.3 cm³/mol. The molecule has 3 rings (SSSR count). The van der Waals surface area contributed by atoms with E-state index in [1.807, 2.05) is 42.5 Å². The van der Waals surface area contributed by atoms with Gasteiger partial charge in [-0.15, -0.1) is 0 Å². The summed E-state index contributed by atoms with van der Waals surface area (Å²) in [6.45, 7) is 1.57. The number of urea groups is 1. The Morgan fingerprint density at radius 1 is 1.23 bits per heavy atom. The Morgan fingerprint density at radius 3 is 2.64 bits per heavy atom. The number of aliphatic hydroxyl groups excluding tert-OH is 1. The van der Waals surface area contributed by atoms with Crippen molar-refractivity contribution in [3.63, 3.8) is 0 Å². The third-order valence-electron chi connectivity index (χ3n) is 4.13. The first-order valence-electron chi connectivity index (χ1n) is 7.32. The minimum Gasteiger partial charge on any atom is -0.395 e. The topological polar surface area (TPSA) is 65.5 Å². The molecule has 22 heavy (non-hydrogen) atoms. The lowest BCUT2D eigenvalue weighted by Crippen LogP contribution is -2.64. The predicted octanol–water partition coefficient (Wildman–Crippen LogP) is 1.54. The standard InChI is InChI=1S/C17H19N3O2/c21-13-17(15-6-2-1-3-7-15)11-20(12-17)16(22)19-10-14-5-4-8-18-9-14/h1-9,21H,10-13H2,(H,19,22). The van der Waals surface area contributed by atoms with Crippen LogP contribution in [0.4, 0.5) is 4.79 Å². The molecule has 114 valence electrons. The summed E-state index contributed by atoms with van der Waals surface area (Å²) >= 11 is 0. The summed E-state index contributed by atoms with van der Waals surface area (Å²) in [6, 6.07) is 13.5. The molecular weight excluding hydrogens is 278 g/mol. The van der Waals surface area contributed by atoms with Gasteiger partial charge in [0, 0.05) is 32.0 Å². The Labute approximate surface area is 129 Å². The van der Waals surface area contributed by atoms with E-state index in [0.29, 0.717) is 19.6 Å². The Kier molecular flexibility index (Phi) is 4.06. The van der Waals surface area contributed by atoms with Gasteiger partial charge in [0.2, 0.25) is 0 Å². The van der Waals surface area contributed by atoms with Gasteiger partial charge < -0.3 is 15.3 Å². The molecule has 0 atom stereocenters. The maximum Gasteiger partial charge on any atom is 0.317 e. The molecule has 0 unspecified atom stereocenters. The zero-order valence-electron chi connectivity index (χ0n) is 12.3. The van der Waals surface area contributed by atoms with Crippen molar-refractivity contribution in [1.29, 1.82) is 0 Å². The highest BCUT2D eigenvalue weighted by molar-refractivity contribution is 5.75. The molecule has 0 aliphatic carbocycles. The van der Waals surface area contributed by atoms with E-state index >= 15 is 0 Å². The van der Waals surface area contributed by atoms with Crippen molar-refractivity contribution >= 4 is 6.03 Å². The van der Waals surface area contributed by atoms with Crippen LogP contribution in [0.2, 0.25) is 0 Å². The Morgan fingerprint density at radius 2 is 2.00 bits per heavy atom. The highest BCUT2D eigenvalue weighted by Gasteiger charge is 2.45. The number of rotatable bonds is 4. The molecule has 0 spiro atoms. The van der Waals surface area contributed by atoms with Crippen molar-refractivity contribution in [3.8, 4) is 0 Å². The minimum atomic E-state index is -0.326. The van der Waals surface area contributed by atoms with Gasteiger partial charge in [-0.3, -0.25) is 4.98 Å². The van der Waals surface area contributed by atoms with Gasteiger partial charge >= 0.3 is 6.03 Å². The number of carbonyl (C=O) groups is 1. The number of aliphatic hydroxyl groups is 1. The van der Waals surface area contributed by atoms with Gasteiger partial charge in [-0.2, -0.15) is 0 Å². The van der Waals surface area contributed by atoms with Crippen LogP contribution < -0.4 is 5.32 Å². The number of hydrogen-bond donors (Lipinski definition) is 2. The number of benzene rings is 1. The fraction of sp³-hybridized carbons (Fsp3) is 0.294. The van der Waals surface area contributed by atoms with Crippen molar-refractivity contribution in [3.05, 3.63) is 66.0 Å². The average Bonchev–Trinajstić information content (AvgIpc) is 2.54. The van der Waals surface area contributed by atoms with E-state index in [0.717, 1.165) is 11.1 Å². The first-order valence-corrected chi connectivity index (χ1v) is 7.32. The zero-order valence-corrected chi connectivity index (χ0v) is 12.3. The normalized spacial score (nSPS) is 16.0. The summed E-state index contributed by atoms with van der Waals surface area (Å²) in [4.78, 5) is 17.9. The van der Waals surface area contributed by atoms with Gasteiger partial charge in [-0.1, -0.05) is 36.4 Å². The lowest BCUT2D eigenvalue weighted by atomic mass is 9.74. The number of likely N-dealkylation sites (tertiary alicyclic amines) is 1. The molecule has 1 aromatic carbocycles. The molecule has 5 heteroatoms. The SMILES string of the molecule is O=C(NCc1cccnc1)N1CC(CO)(c2ccccc2)C1. The van der Waals surface area contributed by atoms with E-state index in [1.54, 1.807) is 17.3 Å². The van der Waals surface area contributed by atoms with E-state index in [2.05, 4.69) is 10.3 Å². The monoisotopic (exact) mass is 297 g/mol. The zero-order chi connectivity index (χ0) is 15.4. The third-order valence-corrected chi connectivity index (χ3v) is 4.13. The molecule has 1 aliphatic heterocycles. The molecule has 2 aromatic rings. The molecule has 1 saturated heterocycles. The summed E-state index contributed by atoms with van der Waals surface area (Å²) in [6.07, 6.45) is 3.44. The van der Waals surface area contributed by atoms with Crippen LogP contribution in [0, 0.1) is 0 Å². The quantitative estimate of drug-likeness (QED) is 0.899. The van der Waals surface area contributed by atoms with Gasteiger partial charge in [-0.25, -0.2) is 4.79 Å².